The molecule has 0 saturated carbocycles. The summed E-state index contributed by atoms with van der Waals surface area (Å²) < 4.78 is 15.6. The summed E-state index contributed by atoms with van der Waals surface area (Å²) in [7, 11) is 0. The van der Waals surface area contributed by atoms with Crippen molar-refractivity contribution in [2.45, 2.75) is 23.7 Å². The summed E-state index contributed by atoms with van der Waals surface area (Å²) in [6, 6.07) is 13.7. The highest BCUT2D eigenvalue weighted by Crippen LogP contribution is 2.40. The Kier molecular flexibility index (Phi) is 4.09. The summed E-state index contributed by atoms with van der Waals surface area (Å²) in [5.41, 5.74) is 1.63. The topological polar surface area (TPSA) is 63.0 Å². The van der Waals surface area contributed by atoms with Crippen LogP contribution in [0, 0.1) is 5.82 Å². The molecule has 1 aliphatic heterocycles. The minimum Gasteiger partial charge on any atom is -0.508 e. The first-order valence-electron chi connectivity index (χ1n) is 7.96. The zero-order valence-corrected chi connectivity index (χ0v) is 14.4. The fourth-order valence-electron chi connectivity index (χ4n) is 3.21. The van der Waals surface area contributed by atoms with E-state index in [0.29, 0.717) is 23.1 Å². The Balaban J connectivity index is 1.79. The lowest BCUT2D eigenvalue weighted by Gasteiger charge is -2.32. The molecule has 0 radical (unpaired) electrons. The van der Waals surface area contributed by atoms with Gasteiger partial charge in [0.05, 0.1) is 12.1 Å². The molecule has 128 valence electrons. The number of hydrogen-bond acceptors (Lipinski definition) is 5. The highest BCUT2D eigenvalue weighted by molar-refractivity contribution is 7.98. The molecule has 25 heavy (non-hydrogen) atoms. The Bertz CT molecular complexity index is 899. The second-order valence-corrected chi connectivity index (χ2v) is 6.70. The smallest absolute Gasteiger partial charge is 0.223 e. The number of anilines is 1. The summed E-state index contributed by atoms with van der Waals surface area (Å²) in [5, 5.41) is 18.7. The molecule has 4 rings (SSSR count). The average Bonchev–Trinajstić information content (AvgIpc) is 3.07. The van der Waals surface area contributed by atoms with Crippen LogP contribution in [0.4, 0.5) is 10.3 Å². The predicted molar refractivity (Wildman–Crippen MR) is 95.4 cm³/mol. The molecule has 1 aliphatic rings. The highest BCUT2D eigenvalue weighted by atomic mass is 32.2. The van der Waals surface area contributed by atoms with Gasteiger partial charge in [-0.2, -0.15) is 4.98 Å². The van der Waals surface area contributed by atoms with Crippen LogP contribution < -0.4 is 5.32 Å². The fraction of sp³-hybridized carbons (Fsp3) is 0.222. The van der Waals surface area contributed by atoms with Crippen LogP contribution in [-0.2, 0) is 0 Å². The van der Waals surface area contributed by atoms with Crippen LogP contribution in [0.25, 0.3) is 0 Å². The number of nitrogens with one attached hydrogen (secondary N) is 1. The first-order valence-corrected chi connectivity index (χ1v) is 9.18. The number of hydrogen-bond donors (Lipinski definition) is 2. The van der Waals surface area contributed by atoms with Gasteiger partial charge in [-0.15, -0.1) is 5.10 Å². The molecular weight excluding hydrogens is 339 g/mol. The molecule has 2 atom stereocenters. The SMILES string of the molecule is CSc1nc2n(n1)[C@@H](c1ccccc1)C[C@H](c1cc(F)ccc1O)N2. The molecule has 0 bridgehead atoms. The third-order valence-corrected chi connectivity index (χ3v) is 4.94. The van der Waals surface area contributed by atoms with E-state index in [1.807, 2.05) is 41.3 Å². The van der Waals surface area contributed by atoms with E-state index < -0.39 is 0 Å². The number of phenols is 1. The van der Waals surface area contributed by atoms with E-state index in [1.165, 1.54) is 30.0 Å². The van der Waals surface area contributed by atoms with Gasteiger partial charge in [0.2, 0.25) is 11.1 Å². The van der Waals surface area contributed by atoms with Crippen molar-refractivity contribution < 1.29 is 9.50 Å². The van der Waals surface area contributed by atoms with E-state index in [2.05, 4.69) is 15.4 Å². The molecule has 2 aromatic carbocycles. The standard InChI is InChI=1S/C18H17FN4OS/c1-25-18-21-17-20-14(13-9-12(19)7-8-16(13)24)10-15(23(17)22-18)11-5-3-2-4-6-11/h2-9,14-15,24H,10H2,1H3,(H,20,21,22)/t14-,15-/m1/s1. The van der Waals surface area contributed by atoms with Crippen molar-refractivity contribution in [3.63, 3.8) is 0 Å². The minimum absolute atomic E-state index is 0.0430. The van der Waals surface area contributed by atoms with Crippen molar-refractivity contribution in [2.75, 3.05) is 11.6 Å². The third-order valence-electron chi connectivity index (χ3n) is 4.40. The van der Waals surface area contributed by atoms with Gasteiger partial charge in [0.25, 0.3) is 0 Å². The lowest BCUT2D eigenvalue weighted by molar-refractivity contribution is 0.409. The van der Waals surface area contributed by atoms with Crippen LogP contribution in [0.15, 0.2) is 53.7 Å². The maximum absolute atomic E-state index is 13.7. The van der Waals surface area contributed by atoms with Crippen LogP contribution in [0.2, 0.25) is 0 Å². The molecule has 2 heterocycles. The van der Waals surface area contributed by atoms with Crippen molar-refractivity contribution in [1.82, 2.24) is 14.8 Å². The van der Waals surface area contributed by atoms with E-state index in [1.54, 1.807) is 0 Å². The molecule has 7 heteroatoms. The molecule has 3 aromatic rings. The van der Waals surface area contributed by atoms with Crippen LogP contribution in [0.1, 0.15) is 29.6 Å². The van der Waals surface area contributed by atoms with Gasteiger partial charge in [-0.1, -0.05) is 42.1 Å². The molecule has 0 amide bonds. The van der Waals surface area contributed by atoms with Crippen molar-refractivity contribution in [3.8, 4) is 5.75 Å². The zero-order chi connectivity index (χ0) is 17.4. The third kappa shape index (κ3) is 2.95. The molecule has 5 nitrogen and oxygen atoms in total. The fourth-order valence-corrected chi connectivity index (χ4v) is 3.55. The highest BCUT2D eigenvalue weighted by Gasteiger charge is 2.32. The minimum atomic E-state index is -0.372. The number of benzene rings is 2. The lowest BCUT2D eigenvalue weighted by Crippen LogP contribution is -2.28. The second-order valence-electron chi connectivity index (χ2n) is 5.93. The normalized spacial score (nSPS) is 19.3. The van der Waals surface area contributed by atoms with Gasteiger partial charge in [-0.05, 0) is 36.4 Å². The average molecular weight is 356 g/mol. The predicted octanol–water partition coefficient (Wildman–Crippen LogP) is 3.99. The number of nitrogens with zero attached hydrogens (tertiary/aromatic N) is 3. The summed E-state index contributed by atoms with van der Waals surface area (Å²) in [6.45, 7) is 0. The summed E-state index contributed by atoms with van der Waals surface area (Å²) in [6.07, 6.45) is 2.56. The summed E-state index contributed by atoms with van der Waals surface area (Å²) >= 11 is 1.47. The maximum Gasteiger partial charge on any atom is 0.223 e. The van der Waals surface area contributed by atoms with Crippen LogP contribution in [0.5, 0.6) is 5.75 Å². The Morgan fingerprint density at radius 2 is 2.04 bits per heavy atom. The summed E-state index contributed by atoms with van der Waals surface area (Å²) in [4.78, 5) is 4.50. The van der Waals surface area contributed by atoms with Crippen molar-refractivity contribution in [2.24, 2.45) is 0 Å². The number of aromatic hydroxyl groups is 1. The maximum atomic E-state index is 13.7. The largest absolute Gasteiger partial charge is 0.508 e. The molecule has 1 aromatic heterocycles. The van der Waals surface area contributed by atoms with Crippen molar-refractivity contribution >= 4 is 17.7 Å². The van der Waals surface area contributed by atoms with Gasteiger partial charge >= 0.3 is 0 Å². The molecule has 0 aliphatic carbocycles. The number of phenolic OH excluding ortho intramolecular Hbond substituents is 1. The number of halogens is 1. The zero-order valence-electron chi connectivity index (χ0n) is 13.6. The van der Waals surface area contributed by atoms with Gasteiger partial charge in [0.15, 0.2) is 0 Å². The van der Waals surface area contributed by atoms with E-state index >= 15 is 0 Å². The first-order chi connectivity index (χ1) is 12.2. The van der Waals surface area contributed by atoms with Crippen LogP contribution >= 0.6 is 11.8 Å². The molecule has 0 fully saturated rings. The molecule has 2 N–H and O–H groups in total. The molecular formula is C18H17FN4OS. The van der Waals surface area contributed by atoms with Gasteiger partial charge in [0.1, 0.15) is 11.6 Å². The van der Waals surface area contributed by atoms with E-state index in [-0.39, 0.29) is 23.7 Å². The summed E-state index contributed by atoms with van der Waals surface area (Å²) in [5.74, 6) is 0.324. The Hall–Kier alpha value is -2.54. The van der Waals surface area contributed by atoms with Gasteiger partial charge in [0, 0.05) is 5.56 Å². The number of thioether (sulfide) groups is 1. The van der Waals surface area contributed by atoms with Gasteiger partial charge in [-0.25, -0.2) is 9.07 Å². The lowest BCUT2D eigenvalue weighted by atomic mass is 9.93. The van der Waals surface area contributed by atoms with E-state index in [4.69, 9.17) is 0 Å². The molecule has 0 unspecified atom stereocenters. The Labute approximate surface area is 148 Å². The number of fused-ring (bicyclic) bond motifs is 1. The molecule has 0 saturated heterocycles. The van der Waals surface area contributed by atoms with Crippen molar-refractivity contribution in [1.29, 1.82) is 0 Å². The Morgan fingerprint density at radius 1 is 1.24 bits per heavy atom. The van der Waals surface area contributed by atoms with E-state index in [9.17, 15) is 9.50 Å². The van der Waals surface area contributed by atoms with E-state index in [0.717, 1.165) is 5.56 Å². The quantitative estimate of drug-likeness (QED) is 0.695. The van der Waals surface area contributed by atoms with Gasteiger partial charge in [-0.3, -0.25) is 0 Å². The number of aromatic nitrogens is 3. The first kappa shape index (κ1) is 16.0. The monoisotopic (exact) mass is 356 g/mol. The second kappa shape index (κ2) is 6.40. The van der Waals surface area contributed by atoms with Crippen LogP contribution in [-0.4, -0.2) is 26.1 Å². The van der Waals surface area contributed by atoms with Gasteiger partial charge < -0.3 is 10.4 Å². The Morgan fingerprint density at radius 3 is 2.80 bits per heavy atom. The molecule has 0 spiro atoms. The number of rotatable bonds is 3. The van der Waals surface area contributed by atoms with Crippen LogP contribution in [0.3, 0.4) is 0 Å². The van der Waals surface area contributed by atoms with Crippen molar-refractivity contribution in [3.05, 3.63) is 65.5 Å².